The van der Waals surface area contributed by atoms with Crippen LogP contribution in [-0.4, -0.2) is 35.2 Å². The first-order chi connectivity index (χ1) is 6.25. The number of carbonyl (C=O) groups is 1. The molecule has 1 aliphatic carbocycles. The molecule has 1 amide bonds. The highest BCUT2D eigenvalue weighted by atomic mass is 32.2. The van der Waals surface area contributed by atoms with Gasteiger partial charge < -0.3 is 10.4 Å². The van der Waals surface area contributed by atoms with Crippen LogP contribution < -0.4 is 5.32 Å². The highest BCUT2D eigenvalue weighted by Gasteiger charge is 2.33. The molecule has 13 heavy (non-hydrogen) atoms. The van der Waals surface area contributed by atoms with Crippen molar-refractivity contribution in [2.75, 3.05) is 18.1 Å². The molecule has 2 aliphatic rings. The van der Waals surface area contributed by atoms with Crippen molar-refractivity contribution in [1.82, 2.24) is 5.32 Å². The summed E-state index contributed by atoms with van der Waals surface area (Å²) in [5.74, 6) is 3.30. The van der Waals surface area contributed by atoms with E-state index in [9.17, 15) is 4.79 Å². The van der Waals surface area contributed by atoms with Gasteiger partial charge in [-0.05, 0) is 30.3 Å². The smallest absolute Gasteiger partial charge is 0.223 e. The summed E-state index contributed by atoms with van der Waals surface area (Å²) in [5, 5.41) is 12.0. The van der Waals surface area contributed by atoms with Crippen LogP contribution in [0.25, 0.3) is 0 Å². The first kappa shape index (κ1) is 9.34. The topological polar surface area (TPSA) is 49.3 Å². The van der Waals surface area contributed by atoms with E-state index < -0.39 is 0 Å². The SMILES string of the molecule is O=C(NCC1CSC1)C1CC(O)C1. The van der Waals surface area contributed by atoms with Crippen molar-refractivity contribution in [2.24, 2.45) is 11.8 Å². The van der Waals surface area contributed by atoms with E-state index in [1.54, 1.807) is 0 Å². The molecule has 1 heterocycles. The molecule has 4 heteroatoms. The molecule has 0 aromatic rings. The highest BCUT2D eigenvalue weighted by molar-refractivity contribution is 8.00. The van der Waals surface area contributed by atoms with Gasteiger partial charge in [0.25, 0.3) is 0 Å². The Balaban J connectivity index is 1.61. The molecule has 3 nitrogen and oxygen atoms in total. The van der Waals surface area contributed by atoms with E-state index in [1.165, 1.54) is 11.5 Å². The van der Waals surface area contributed by atoms with Gasteiger partial charge in [0.2, 0.25) is 5.91 Å². The summed E-state index contributed by atoms with van der Waals surface area (Å²) in [4.78, 5) is 11.4. The maximum absolute atomic E-state index is 11.4. The predicted molar refractivity (Wildman–Crippen MR) is 52.6 cm³/mol. The standard InChI is InChI=1S/C9H15NO2S/c11-8-1-7(2-8)9(12)10-3-6-4-13-5-6/h6-8,11H,1-5H2,(H,10,12). The molecular weight excluding hydrogens is 186 g/mol. The van der Waals surface area contributed by atoms with Crippen molar-refractivity contribution >= 4 is 17.7 Å². The molecule has 1 saturated carbocycles. The monoisotopic (exact) mass is 201 g/mol. The molecule has 0 atom stereocenters. The lowest BCUT2D eigenvalue weighted by molar-refractivity contribution is -0.131. The molecule has 2 fully saturated rings. The Hall–Kier alpha value is -0.220. The minimum Gasteiger partial charge on any atom is -0.393 e. The van der Waals surface area contributed by atoms with Crippen LogP contribution in [0.15, 0.2) is 0 Å². The largest absolute Gasteiger partial charge is 0.393 e. The van der Waals surface area contributed by atoms with Gasteiger partial charge >= 0.3 is 0 Å². The van der Waals surface area contributed by atoms with E-state index in [0.717, 1.165) is 6.54 Å². The van der Waals surface area contributed by atoms with E-state index in [2.05, 4.69) is 5.32 Å². The fourth-order valence-corrected chi connectivity index (χ4v) is 2.40. The molecule has 0 radical (unpaired) electrons. The van der Waals surface area contributed by atoms with Gasteiger partial charge in [0.15, 0.2) is 0 Å². The number of amides is 1. The molecule has 0 bridgehead atoms. The van der Waals surface area contributed by atoms with Crippen molar-refractivity contribution in [1.29, 1.82) is 0 Å². The molecule has 0 aromatic heterocycles. The first-order valence-electron chi connectivity index (χ1n) is 4.79. The first-order valence-corrected chi connectivity index (χ1v) is 5.94. The summed E-state index contributed by atoms with van der Waals surface area (Å²) < 4.78 is 0. The van der Waals surface area contributed by atoms with Crippen LogP contribution in [0.3, 0.4) is 0 Å². The molecule has 1 saturated heterocycles. The van der Waals surface area contributed by atoms with Crippen LogP contribution in [-0.2, 0) is 4.79 Å². The summed E-state index contributed by atoms with van der Waals surface area (Å²) in [6.45, 7) is 0.832. The maximum atomic E-state index is 11.4. The van der Waals surface area contributed by atoms with E-state index in [4.69, 9.17) is 5.11 Å². The number of carbonyl (C=O) groups excluding carboxylic acids is 1. The number of hydrogen-bond acceptors (Lipinski definition) is 3. The minimum atomic E-state index is -0.227. The fourth-order valence-electron chi connectivity index (χ4n) is 1.59. The Morgan fingerprint density at radius 1 is 1.46 bits per heavy atom. The Labute approximate surface area is 82.3 Å². The van der Waals surface area contributed by atoms with Gasteiger partial charge in [-0.2, -0.15) is 11.8 Å². The van der Waals surface area contributed by atoms with Crippen LogP contribution in [0.4, 0.5) is 0 Å². The lowest BCUT2D eigenvalue weighted by Crippen LogP contribution is -2.44. The van der Waals surface area contributed by atoms with Gasteiger partial charge in [-0.3, -0.25) is 4.79 Å². The number of thioether (sulfide) groups is 1. The second-order valence-corrected chi connectivity index (χ2v) is 5.05. The molecule has 0 aromatic carbocycles. The second-order valence-electron chi connectivity index (χ2n) is 3.97. The van der Waals surface area contributed by atoms with Gasteiger partial charge in [0.05, 0.1) is 6.10 Å². The van der Waals surface area contributed by atoms with Crippen LogP contribution >= 0.6 is 11.8 Å². The summed E-state index contributed by atoms with van der Waals surface area (Å²) in [7, 11) is 0. The number of nitrogens with one attached hydrogen (secondary N) is 1. The molecule has 2 N–H and O–H groups in total. The van der Waals surface area contributed by atoms with Gasteiger partial charge in [-0.25, -0.2) is 0 Å². The van der Waals surface area contributed by atoms with Crippen molar-refractivity contribution in [3.8, 4) is 0 Å². The number of hydrogen-bond donors (Lipinski definition) is 2. The third-order valence-electron chi connectivity index (χ3n) is 2.76. The number of aliphatic hydroxyl groups is 1. The van der Waals surface area contributed by atoms with E-state index >= 15 is 0 Å². The maximum Gasteiger partial charge on any atom is 0.223 e. The third-order valence-corrected chi connectivity index (χ3v) is 4.17. The van der Waals surface area contributed by atoms with Crippen LogP contribution in [0.2, 0.25) is 0 Å². The second kappa shape index (κ2) is 3.88. The minimum absolute atomic E-state index is 0.0859. The normalized spacial score (nSPS) is 33.3. The summed E-state index contributed by atoms with van der Waals surface area (Å²) >= 11 is 1.93. The summed E-state index contributed by atoms with van der Waals surface area (Å²) in [6.07, 6.45) is 1.09. The average molecular weight is 201 g/mol. The molecule has 1 aliphatic heterocycles. The van der Waals surface area contributed by atoms with Gasteiger partial charge in [-0.15, -0.1) is 0 Å². The zero-order valence-corrected chi connectivity index (χ0v) is 8.35. The van der Waals surface area contributed by atoms with Gasteiger partial charge in [-0.1, -0.05) is 0 Å². The van der Waals surface area contributed by atoms with Crippen molar-refractivity contribution in [3.63, 3.8) is 0 Å². The molecule has 0 spiro atoms. The van der Waals surface area contributed by atoms with Crippen molar-refractivity contribution in [3.05, 3.63) is 0 Å². The van der Waals surface area contributed by atoms with E-state index in [0.29, 0.717) is 18.8 Å². The van der Waals surface area contributed by atoms with Crippen molar-refractivity contribution < 1.29 is 9.90 Å². The zero-order valence-electron chi connectivity index (χ0n) is 7.53. The zero-order chi connectivity index (χ0) is 9.26. The highest BCUT2D eigenvalue weighted by Crippen LogP contribution is 2.28. The molecule has 2 rings (SSSR count). The Morgan fingerprint density at radius 3 is 2.62 bits per heavy atom. The lowest BCUT2D eigenvalue weighted by Gasteiger charge is -2.31. The van der Waals surface area contributed by atoms with Gasteiger partial charge in [0.1, 0.15) is 0 Å². The Kier molecular flexibility index (Phi) is 2.79. The quantitative estimate of drug-likeness (QED) is 0.687. The lowest BCUT2D eigenvalue weighted by atomic mass is 9.82. The number of aliphatic hydroxyl groups excluding tert-OH is 1. The summed E-state index contributed by atoms with van der Waals surface area (Å²) in [5.41, 5.74) is 0. The molecule has 74 valence electrons. The fraction of sp³-hybridized carbons (Fsp3) is 0.889. The average Bonchev–Trinajstić information content (AvgIpc) is 1.95. The van der Waals surface area contributed by atoms with Crippen LogP contribution in [0.1, 0.15) is 12.8 Å². The van der Waals surface area contributed by atoms with E-state index in [1.807, 2.05) is 11.8 Å². The number of rotatable bonds is 3. The van der Waals surface area contributed by atoms with Crippen LogP contribution in [0, 0.1) is 11.8 Å². The third kappa shape index (κ3) is 2.17. The van der Waals surface area contributed by atoms with E-state index in [-0.39, 0.29) is 17.9 Å². The Bertz CT molecular complexity index is 200. The van der Waals surface area contributed by atoms with Crippen molar-refractivity contribution in [2.45, 2.75) is 18.9 Å². The predicted octanol–water partition coefficient (Wildman–Crippen LogP) is 0.236. The molecule has 0 unspecified atom stereocenters. The molecular formula is C9H15NO2S. The Morgan fingerprint density at radius 2 is 2.15 bits per heavy atom. The van der Waals surface area contributed by atoms with Gasteiger partial charge in [0, 0.05) is 12.5 Å². The summed E-state index contributed by atoms with van der Waals surface area (Å²) in [6, 6.07) is 0. The van der Waals surface area contributed by atoms with Crippen LogP contribution in [0.5, 0.6) is 0 Å².